The molecule has 17 heavy (non-hydrogen) atoms. The quantitative estimate of drug-likeness (QED) is 0.655. The second-order valence-electron chi connectivity index (χ2n) is 3.98. The number of aryl methyl sites for hydroxylation is 1. The minimum atomic E-state index is -0.220. The first-order chi connectivity index (χ1) is 8.15. The average molecular weight is 236 g/mol. The number of hydrogen-bond donors (Lipinski definition) is 3. The lowest BCUT2D eigenvalue weighted by Gasteiger charge is -2.07. The van der Waals surface area contributed by atoms with Gasteiger partial charge in [-0.25, -0.2) is 0 Å². The van der Waals surface area contributed by atoms with Crippen LogP contribution in [0.15, 0.2) is 18.2 Å². The van der Waals surface area contributed by atoms with Crippen LogP contribution in [0.3, 0.4) is 0 Å². The molecule has 0 bridgehead atoms. The van der Waals surface area contributed by atoms with Gasteiger partial charge in [0.1, 0.15) is 5.75 Å². The zero-order valence-electron chi connectivity index (χ0n) is 10.4. The van der Waals surface area contributed by atoms with Crippen LogP contribution in [-0.4, -0.2) is 30.6 Å². The van der Waals surface area contributed by atoms with Crippen molar-refractivity contribution in [2.24, 2.45) is 0 Å². The standard InChI is InChI=1S/C13H20N2O2/c1-3-14-7-4-8-15-13(17)11-9-10(2)5-6-12(11)16/h5-6,9,14,16H,3-4,7-8H2,1-2H3,(H,15,17). The number of hydrogen-bond acceptors (Lipinski definition) is 3. The molecule has 94 valence electrons. The number of carbonyl (C=O) groups excluding carboxylic acids is 1. The van der Waals surface area contributed by atoms with Crippen LogP contribution in [-0.2, 0) is 0 Å². The minimum absolute atomic E-state index is 0.0276. The third-order valence-electron chi connectivity index (χ3n) is 2.46. The molecule has 0 heterocycles. The Morgan fingerprint density at radius 1 is 1.35 bits per heavy atom. The van der Waals surface area contributed by atoms with Gasteiger partial charge in [0.2, 0.25) is 0 Å². The van der Waals surface area contributed by atoms with Crippen molar-refractivity contribution in [1.82, 2.24) is 10.6 Å². The molecule has 0 fully saturated rings. The molecule has 1 rings (SSSR count). The normalized spacial score (nSPS) is 10.2. The zero-order chi connectivity index (χ0) is 12.7. The molecule has 0 spiro atoms. The number of aromatic hydroxyl groups is 1. The number of rotatable bonds is 6. The van der Waals surface area contributed by atoms with Crippen LogP contribution in [0.25, 0.3) is 0 Å². The van der Waals surface area contributed by atoms with Crippen LogP contribution in [0.2, 0.25) is 0 Å². The predicted molar refractivity (Wildman–Crippen MR) is 68.3 cm³/mol. The Balaban J connectivity index is 2.44. The molecule has 1 aromatic rings. The molecule has 0 unspecified atom stereocenters. The smallest absolute Gasteiger partial charge is 0.255 e. The van der Waals surface area contributed by atoms with Gasteiger partial charge < -0.3 is 15.7 Å². The van der Waals surface area contributed by atoms with E-state index in [9.17, 15) is 9.90 Å². The fourth-order valence-corrected chi connectivity index (χ4v) is 1.52. The van der Waals surface area contributed by atoms with E-state index in [0.717, 1.165) is 25.1 Å². The molecule has 4 heteroatoms. The van der Waals surface area contributed by atoms with Crippen molar-refractivity contribution in [3.63, 3.8) is 0 Å². The van der Waals surface area contributed by atoms with E-state index in [-0.39, 0.29) is 11.7 Å². The van der Waals surface area contributed by atoms with Crippen molar-refractivity contribution in [1.29, 1.82) is 0 Å². The monoisotopic (exact) mass is 236 g/mol. The number of carbonyl (C=O) groups is 1. The first-order valence-electron chi connectivity index (χ1n) is 5.93. The maximum absolute atomic E-state index is 11.8. The van der Waals surface area contributed by atoms with E-state index < -0.39 is 0 Å². The Bertz CT molecular complexity index is 378. The van der Waals surface area contributed by atoms with E-state index in [4.69, 9.17) is 0 Å². The van der Waals surface area contributed by atoms with E-state index in [0.29, 0.717) is 12.1 Å². The maximum Gasteiger partial charge on any atom is 0.255 e. The highest BCUT2D eigenvalue weighted by Crippen LogP contribution is 2.17. The van der Waals surface area contributed by atoms with Gasteiger partial charge in [0.05, 0.1) is 5.56 Å². The van der Waals surface area contributed by atoms with E-state index in [1.54, 1.807) is 18.2 Å². The predicted octanol–water partition coefficient (Wildman–Crippen LogP) is 1.43. The minimum Gasteiger partial charge on any atom is -0.507 e. The number of phenolic OH excluding ortho intramolecular Hbond substituents is 1. The molecule has 0 aliphatic rings. The van der Waals surface area contributed by atoms with Crippen molar-refractivity contribution >= 4 is 5.91 Å². The third kappa shape index (κ3) is 4.44. The van der Waals surface area contributed by atoms with Crippen LogP contribution >= 0.6 is 0 Å². The number of benzene rings is 1. The summed E-state index contributed by atoms with van der Waals surface area (Å²) in [6.07, 6.45) is 0.881. The van der Waals surface area contributed by atoms with Crippen molar-refractivity contribution in [2.45, 2.75) is 20.3 Å². The molecule has 1 amide bonds. The van der Waals surface area contributed by atoms with E-state index in [1.165, 1.54) is 0 Å². The second-order valence-corrected chi connectivity index (χ2v) is 3.98. The summed E-state index contributed by atoms with van der Waals surface area (Å²) in [7, 11) is 0. The summed E-state index contributed by atoms with van der Waals surface area (Å²) >= 11 is 0. The van der Waals surface area contributed by atoms with E-state index in [2.05, 4.69) is 10.6 Å². The summed E-state index contributed by atoms with van der Waals surface area (Å²) in [5.41, 5.74) is 1.30. The molecule has 0 aliphatic heterocycles. The summed E-state index contributed by atoms with van der Waals surface area (Å²) in [4.78, 5) is 11.8. The fourth-order valence-electron chi connectivity index (χ4n) is 1.52. The lowest BCUT2D eigenvalue weighted by atomic mass is 10.1. The Morgan fingerprint density at radius 3 is 2.82 bits per heavy atom. The van der Waals surface area contributed by atoms with Gasteiger partial charge in [0.15, 0.2) is 0 Å². The number of amides is 1. The molecule has 0 radical (unpaired) electrons. The van der Waals surface area contributed by atoms with Crippen LogP contribution in [0, 0.1) is 6.92 Å². The highest BCUT2D eigenvalue weighted by atomic mass is 16.3. The second kappa shape index (κ2) is 6.91. The van der Waals surface area contributed by atoms with Gasteiger partial charge in [-0.2, -0.15) is 0 Å². The summed E-state index contributed by atoms with van der Waals surface area (Å²) in [6.45, 7) is 6.37. The third-order valence-corrected chi connectivity index (χ3v) is 2.46. The van der Waals surface area contributed by atoms with Gasteiger partial charge in [-0.05, 0) is 38.6 Å². The first kappa shape index (κ1) is 13.5. The first-order valence-corrected chi connectivity index (χ1v) is 5.93. The van der Waals surface area contributed by atoms with Crippen molar-refractivity contribution in [3.8, 4) is 5.75 Å². The number of nitrogens with one attached hydrogen (secondary N) is 2. The van der Waals surface area contributed by atoms with Gasteiger partial charge >= 0.3 is 0 Å². The van der Waals surface area contributed by atoms with E-state index >= 15 is 0 Å². The average Bonchev–Trinajstić information content (AvgIpc) is 2.32. The van der Waals surface area contributed by atoms with Crippen molar-refractivity contribution in [3.05, 3.63) is 29.3 Å². The molecule has 0 aliphatic carbocycles. The van der Waals surface area contributed by atoms with E-state index in [1.807, 2.05) is 13.8 Å². The Morgan fingerprint density at radius 2 is 2.12 bits per heavy atom. The van der Waals surface area contributed by atoms with Crippen LogP contribution < -0.4 is 10.6 Å². The molecule has 3 N–H and O–H groups in total. The Kier molecular flexibility index (Phi) is 5.49. The highest BCUT2D eigenvalue weighted by Gasteiger charge is 2.09. The largest absolute Gasteiger partial charge is 0.507 e. The van der Waals surface area contributed by atoms with Crippen LogP contribution in [0.1, 0.15) is 29.3 Å². The summed E-state index contributed by atoms with van der Waals surface area (Å²) in [6, 6.07) is 5.01. The molecule has 0 aromatic heterocycles. The van der Waals surface area contributed by atoms with Gasteiger partial charge in [-0.15, -0.1) is 0 Å². The van der Waals surface area contributed by atoms with Gasteiger partial charge in [0, 0.05) is 6.54 Å². The summed E-state index contributed by atoms with van der Waals surface area (Å²) in [5, 5.41) is 15.5. The Hall–Kier alpha value is -1.55. The summed E-state index contributed by atoms with van der Waals surface area (Å²) in [5.74, 6) is -0.192. The summed E-state index contributed by atoms with van der Waals surface area (Å²) < 4.78 is 0. The lowest BCUT2D eigenvalue weighted by Crippen LogP contribution is -2.27. The van der Waals surface area contributed by atoms with Crippen molar-refractivity contribution in [2.75, 3.05) is 19.6 Å². The number of phenols is 1. The molecule has 4 nitrogen and oxygen atoms in total. The van der Waals surface area contributed by atoms with Crippen LogP contribution in [0.4, 0.5) is 0 Å². The SMILES string of the molecule is CCNCCCNC(=O)c1cc(C)ccc1O. The fraction of sp³-hybridized carbons (Fsp3) is 0.462. The molecule has 1 aromatic carbocycles. The molecule has 0 atom stereocenters. The lowest BCUT2D eigenvalue weighted by molar-refractivity contribution is 0.0950. The van der Waals surface area contributed by atoms with Gasteiger partial charge in [-0.3, -0.25) is 4.79 Å². The Labute approximate surface area is 102 Å². The van der Waals surface area contributed by atoms with Crippen molar-refractivity contribution < 1.29 is 9.90 Å². The molecular formula is C13H20N2O2. The van der Waals surface area contributed by atoms with Crippen LogP contribution in [0.5, 0.6) is 5.75 Å². The van der Waals surface area contributed by atoms with Gasteiger partial charge in [0.25, 0.3) is 5.91 Å². The maximum atomic E-state index is 11.8. The highest BCUT2D eigenvalue weighted by molar-refractivity contribution is 5.96. The molecule has 0 saturated carbocycles. The molecular weight excluding hydrogens is 216 g/mol. The topological polar surface area (TPSA) is 61.4 Å². The zero-order valence-corrected chi connectivity index (χ0v) is 10.4. The molecule has 0 saturated heterocycles. The van der Waals surface area contributed by atoms with Gasteiger partial charge in [-0.1, -0.05) is 18.6 Å².